The first-order valence-corrected chi connectivity index (χ1v) is 11.1. The van der Waals surface area contributed by atoms with Crippen LogP contribution in [-0.2, 0) is 14.9 Å². The standard InChI is InChI=1S/C20H28N4O4S/c1-14(2)12-21-20(25)16-11-18(22-17-8-6-5-7-15(16)17)19-13-24(9-10-28-19)29(26,27)23(3)4/h5-8,11,14,19H,9-10,12-13H2,1-4H3,(H,21,25). The number of nitrogens with zero attached hydrogens (tertiary/aromatic N) is 3. The summed E-state index contributed by atoms with van der Waals surface area (Å²) < 4.78 is 33.4. The zero-order valence-electron chi connectivity index (χ0n) is 17.3. The summed E-state index contributed by atoms with van der Waals surface area (Å²) in [5, 5.41) is 3.70. The summed E-state index contributed by atoms with van der Waals surface area (Å²) >= 11 is 0. The molecular weight excluding hydrogens is 392 g/mol. The van der Waals surface area contributed by atoms with Gasteiger partial charge in [0.1, 0.15) is 6.10 Å². The molecule has 1 N–H and O–H groups in total. The summed E-state index contributed by atoms with van der Waals surface area (Å²) in [5.41, 5.74) is 1.75. The van der Waals surface area contributed by atoms with Gasteiger partial charge in [-0.3, -0.25) is 4.79 Å². The quantitative estimate of drug-likeness (QED) is 0.769. The molecular formula is C20H28N4O4S. The Hall–Kier alpha value is -2.07. The first-order chi connectivity index (χ1) is 13.7. The fourth-order valence-corrected chi connectivity index (χ4v) is 4.28. The molecule has 0 spiro atoms. The molecule has 1 unspecified atom stereocenters. The molecule has 0 aliphatic carbocycles. The zero-order valence-corrected chi connectivity index (χ0v) is 18.1. The van der Waals surface area contributed by atoms with Crippen LogP contribution in [0.4, 0.5) is 0 Å². The van der Waals surface area contributed by atoms with E-state index in [0.29, 0.717) is 29.2 Å². The number of morpholine rings is 1. The van der Waals surface area contributed by atoms with Gasteiger partial charge in [0.25, 0.3) is 16.1 Å². The van der Waals surface area contributed by atoms with E-state index in [-0.39, 0.29) is 25.6 Å². The predicted molar refractivity (Wildman–Crippen MR) is 112 cm³/mol. The number of fused-ring (bicyclic) bond motifs is 1. The molecule has 1 aliphatic rings. The van der Waals surface area contributed by atoms with Crippen molar-refractivity contribution in [3.63, 3.8) is 0 Å². The maximum absolute atomic E-state index is 12.8. The average molecular weight is 421 g/mol. The van der Waals surface area contributed by atoms with Gasteiger partial charge in [-0.2, -0.15) is 17.0 Å². The number of hydrogen-bond donors (Lipinski definition) is 1. The summed E-state index contributed by atoms with van der Waals surface area (Å²) in [6, 6.07) is 9.15. The van der Waals surface area contributed by atoms with Crippen LogP contribution in [0.15, 0.2) is 30.3 Å². The van der Waals surface area contributed by atoms with E-state index in [1.165, 1.54) is 22.7 Å². The molecule has 0 bridgehead atoms. The number of para-hydroxylation sites is 1. The SMILES string of the molecule is CC(C)CNC(=O)c1cc(C2CN(S(=O)(=O)N(C)C)CCO2)nc2ccccc12. The van der Waals surface area contributed by atoms with Crippen LogP contribution in [0.2, 0.25) is 0 Å². The highest BCUT2D eigenvalue weighted by molar-refractivity contribution is 7.86. The molecule has 1 aromatic heterocycles. The van der Waals surface area contributed by atoms with Crippen LogP contribution < -0.4 is 5.32 Å². The van der Waals surface area contributed by atoms with Gasteiger partial charge < -0.3 is 10.1 Å². The van der Waals surface area contributed by atoms with Gasteiger partial charge in [-0.05, 0) is 18.1 Å². The molecule has 0 radical (unpaired) electrons. The maximum Gasteiger partial charge on any atom is 0.281 e. The third kappa shape index (κ3) is 4.75. The van der Waals surface area contributed by atoms with Gasteiger partial charge in [-0.25, -0.2) is 4.98 Å². The van der Waals surface area contributed by atoms with Crippen LogP contribution >= 0.6 is 0 Å². The molecule has 8 nitrogen and oxygen atoms in total. The first kappa shape index (κ1) is 21.6. The van der Waals surface area contributed by atoms with Gasteiger partial charge in [0, 0.05) is 39.1 Å². The van der Waals surface area contributed by atoms with Crippen LogP contribution in [0, 0.1) is 5.92 Å². The Kier molecular flexibility index (Phi) is 6.52. The van der Waals surface area contributed by atoms with Crippen molar-refractivity contribution in [1.82, 2.24) is 18.9 Å². The molecule has 1 amide bonds. The molecule has 2 aromatic rings. The molecule has 1 fully saturated rings. The Balaban J connectivity index is 1.96. The maximum atomic E-state index is 12.8. The number of carbonyl (C=O) groups excluding carboxylic acids is 1. The number of aromatic nitrogens is 1. The van der Waals surface area contributed by atoms with Crippen molar-refractivity contribution in [2.45, 2.75) is 20.0 Å². The van der Waals surface area contributed by atoms with Crippen molar-refractivity contribution >= 4 is 27.0 Å². The Bertz CT molecular complexity index is 991. The molecule has 0 saturated carbocycles. The van der Waals surface area contributed by atoms with Gasteiger partial charge in [-0.1, -0.05) is 32.0 Å². The van der Waals surface area contributed by atoms with E-state index in [4.69, 9.17) is 4.74 Å². The molecule has 3 rings (SSSR count). The van der Waals surface area contributed by atoms with Crippen molar-refractivity contribution in [2.75, 3.05) is 40.3 Å². The molecule has 1 aromatic carbocycles. The lowest BCUT2D eigenvalue weighted by Crippen LogP contribution is -2.47. The molecule has 1 saturated heterocycles. The van der Waals surface area contributed by atoms with E-state index in [2.05, 4.69) is 10.3 Å². The Morgan fingerprint density at radius 3 is 2.76 bits per heavy atom. The second-order valence-corrected chi connectivity index (χ2v) is 9.87. The minimum absolute atomic E-state index is 0.152. The summed E-state index contributed by atoms with van der Waals surface area (Å²) in [5.74, 6) is 0.158. The average Bonchev–Trinajstić information content (AvgIpc) is 2.71. The second kappa shape index (κ2) is 8.74. The monoisotopic (exact) mass is 420 g/mol. The first-order valence-electron chi connectivity index (χ1n) is 9.67. The van der Waals surface area contributed by atoms with E-state index in [0.717, 1.165) is 5.39 Å². The van der Waals surface area contributed by atoms with E-state index in [1.54, 1.807) is 6.07 Å². The number of amides is 1. The third-order valence-corrected chi connectivity index (χ3v) is 6.71. The Labute approximate surface area is 172 Å². The lowest BCUT2D eigenvalue weighted by atomic mass is 10.0. The molecule has 158 valence electrons. The van der Waals surface area contributed by atoms with Crippen LogP contribution in [-0.4, -0.2) is 68.3 Å². The molecule has 9 heteroatoms. The van der Waals surface area contributed by atoms with Crippen molar-refractivity contribution in [2.24, 2.45) is 5.92 Å². The Morgan fingerprint density at radius 1 is 1.34 bits per heavy atom. The van der Waals surface area contributed by atoms with E-state index in [1.807, 2.05) is 38.1 Å². The topological polar surface area (TPSA) is 91.8 Å². The largest absolute Gasteiger partial charge is 0.369 e. The van der Waals surface area contributed by atoms with E-state index >= 15 is 0 Å². The number of nitrogens with one attached hydrogen (secondary N) is 1. The van der Waals surface area contributed by atoms with Gasteiger partial charge in [0.15, 0.2) is 0 Å². The molecule has 29 heavy (non-hydrogen) atoms. The Morgan fingerprint density at radius 2 is 2.07 bits per heavy atom. The lowest BCUT2D eigenvalue weighted by molar-refractivity contribution is -0.00608. The fourth-order valence-electron chi connectivity index (χ4n) is 3.19. The minimum atomic E-state index is -3.55. The highest BCUT2D eigenvalue weighted by atomic mass is 32.2. The normalized spacial score (nSPS) is 18.5. The van der Waals surface area contributed by atoms with Crippen LogP contribution in [0.1, 0.15) is 36.0 Å². The van der Waals surface area contributed by atoms with Crippen LogP contribution in [0.3, 0.4) is 0 Å². The zero-order chi connectivity index (χ0) is 21.2. The van der Waals surface area contributed by atoms with Crippen molar-refractivity contribution in [3.05, 3.63) is 41.6 Å². The second-order valence-electron chi connectivity index (χ2n) is 7.72. The van der Waals surface area contributed by atoms with E-state index in [9.17, 15) is 13.2 Å². The van der Waals surface area contributed by atoms with Gasteiger partial charge in [-0.15, -0.1) is 0 Å². The highest BCUT2D eigenvalue weighted by Crippen LogP contribution is 2.27. The number of carbonyl (C=O) groups is 1. The number of benzene rings is 1. The van der Waals surface area contributed by atoms with Gasteiger partial charge >= 0.3 is 0 Å². The molecule has 2 heterocycles. The van der Waals surface area contributed by atoms with Crippen LogP contribution in [0.25, 0.3) is 10.9 Å². The summed E-state index contributed by atoms with van der Waals surface area (Å²) in [6.45, 7) is 5.34. The van der Waals surface area contributed by atoms with Crippen molar-refractivity contribution in [1.29, 1.82) is 0 Å². The predicted octanol–water partition coefficient (Wildman–Crippen LogP) is 1.80. The highest BCUT2D eigenvalue weighted by Gasteiger charge is 2.32. The van der Waals surface area contributed by atoms with Crippen molar-refractivity contribution < 1.29 is 17.9 Å². The fraction of sp³-hybridized carbons (Fsp3) is 0.500. The van der Waals surface area contributed by atoms with Crippen LogP contribution in [0.5, 0.6) is 0 Å². The summed E-state index contributed by atoms with van der Waals surface area (Å²) in [4.78, 5) is 17.5. The van der Waals surface area contributed by atoms with Gasteiger partial charge in [0.05, 0.1) is 23.4 Å². The third-order valence-electron chi connectivity index (χ3n) is 4.80. The number of pyridine rings is 1. The smallest absolute Gasteiger partial charge is 0.281 e. The van der Waals surface area contributed by atoms with Gasteiger partial charge in [0.2, 0.25) is 0 Å². The minimum Gasteiger partial charge on any atom is -0.369 e. The molecule has 1 atom stereocenters. The number of hydrogen-bond acceptors (Lipinski definition) is 5. The summed E-state index contributed by atoms with van der Waals surface area (Å²) in [7, 11) is -0.538. The number of ether oxygens (including phenoxy) is 1. The molecule has 1 aliphatic heterocycles. The lowest BCUT2D eigenvalue weighted by Gasteiger charge is -2.33. The summed E-state index contributed by atoms with van der Waals surface area (Å²) in [6.07, 6.45) is -0.542. The number of rotatable bonds is 6. The van der Waals surface area contributed by atoms with E-state index < -0.39 is 16.3 Å². The van der Waals surface area contributed by atoms with Crippen molar-refractivity contribution in [3.8, 4) is 0 Å².